The number of nitrogens with one attached hydrogen (secondary N) is 1. The third-order valence-electron chi connectivity index (χ3n) is 4.84. The Morgan fingerprint density at radius 3 is 2.45 bits per heavy atom. The Labute approximate surface area is 169 Å². The molecule has 2 aromatic carbocycles. The lowest BCUT2D eigenvalue weighted by molar-refractivity contribution is -0.139. The zero-order valence-electron chi connectivity index (χ0n) is 16.4. The first kappa shape index (κ1) is 20.3. The molecule has 2 aromatic rings. The van der Waals surface area contributed by atoms with Crippen molar-refractivity contribution < 1.29 is 23.9 Å². The van der Waals surface area contributed by atoms with Crippen molar-refractivity contribution in [2.75, 3.05) is 18.5 Å². The summed E-state index contributed by atoms with van der Waals surface area (Å²) in [6, 6.07) is 16.3. The van der Waals surface area contributed by atoms with Crippen LogP contribution in [0.5, 0.6) is 0 Å². The summed E-state index contributed by atoms with van der Waals surface area (Å²) in [6.45, 7) is 3.53. The summed E-state index contributed by atoms with van der Waals surface area (Å²) < 4.78 is 10.4. The molecule has 0 spiro atoms. The summed E-state index contributed by atoms with van der Waals surface area (Å²) in [5.41, 5.74) is 2.06. The highest BCUT2D eigenvalue weighted by Gasteiger charge is 2.32. The maximum absolute atomic E-state index is 12.4. The predicted molar refractivity (Wildman–Crippen MR) is 108 cm³/mol. The van der Waals surface area contributed by atoms with Gasteiger partial charge in [-0.15, -0.1) is 0 Å². The molecule has 6 nitrogen and oxygen atoms in total. The van der Waals surface area contributed by atoms with Crippen molar-refractivity contribution in [2.24, 2.45) is 0 Å². The lowest BCUT2D eigenvalue weighted by Gasteiger charge is -2.10. The molecule has 1 N–H and O–H groups in total. The number of anilines is 1. The van der Waals surface area contributed by atoms with Gasteiger partial charge in [0.05, 0.1) is 0 Å². The van der Waals surface area contributed by atoms with E-state index in [1.165, 1.54) is 0 Å². The number of carbonyl (C=O) groups excluding carboxylic acids is 3. The Hall–Kier alpha value is -3.41. The monoisotopic (exact) mass is 393 g/mol. The van der Waals surface area contributed by atoms with E-state index in [4.69, 9.17) is 9.47 Å². The van der Waals surface area contributed by atoms with Gasteiger partial charge < -0.3 is 14.8 Å². The summed E-state index contributed by atoms with van der Waals surface area (Å²) in [5.74, 6) is -1.25. The van der Waals surface area contributed by atoms with E-state index >= 15 is 0 Å². The van der Waals surface area contributed by atoms with Gasteiger partial charge in [0.2, 0.25) is 11.7 Å². The van der Waals surface area contributed by atoms with Gasteiger partial charge in [-0.2, -0.15) is 0 Å². The van der Waals surface area contributed by atoms with Crippen LogP contribution in [0, 0.1) is 0 Å². The summed E-state index contributed by atoms with van der Waals surface area (Å²) in [6.07, 6.45) is 1.01. The molecule has 1 aliphatic rings. The maximum Gasteiger partial charge on any atom is 0.347 e. The molecule has 1 atom stereocenters. The average molecular weight is 393 g/mol. The van der Waals surface area contributed by atoms with E-state index in [2.05, 4.69) is 19.2 Å². The summed E-state index contributed by atoms with van der Waals surface area (Å²) >= 11 is 0. The molecule has 0 radical (unpaired) electrons. The lowest BCUT2D eigenvalue weighted by atomic mass is 9.97. The van der Waals surface area contributed by atoms with Crippen molar-refractivity contribution >= 4 is 23.2 Å². The van der Waals surface area contributed by atoms with Crippen LogP contribution in [0.3, 0.4) is 0 Å². The summed E-state index contributed by atoms with van der Waals surface area (Å²) in [5, 5.41) is 2.89. The van der Waals surface area contributed by atoms with Crippen molar-refractivity contribution in [2.45, 2.75) is 26.2 Å². The van der Waals surface area contributed by atoms with Gasteiger partial charge in [-0.05, 0) is 30.0 Å². The summed E-state index contributed by atoms with van der Waals surface area (Å²) in [7, 11) is 0. The smallest absolute Gasteiger partial charge is 0.347 e. The molecule has 0 bridgehead atoms. The van der Waals surface area contributed by atoms with E-state index in [0.29, 0.717) is 17.2 Å². The van der Waals surface area contributed by atoms with E-state index in [0.717, 1.165) is 12.0 Å². The molecular formula is C23H23NO5. The molecule has 0 fully saturated rings. The molecular weight excluding hydrogens is 370 g/mol. The van der Waals surface area contributed by atoms with Crippen LogP contribution in [0.1, 0.15) is 42.1 Å². The first-order valence-corrected chi connectivity index (χ1v) is 9.52. The fourth-order valence-corrected chi connectivity index (χ4v) is 2.89. The van der Waals surface area contributed by atoms with Crippen LogP contribution in [0.25, 0.3) is 0 Å². The lowest BCUT2D eigenvalue weighted by Crippen LogP contribution is -2.20. The predicted octanol–water partition coefficient (Wildman–Crippen LogP) is 3.85. The molecule has 29 heavy (non-hydrogen) atoms. The molecule has 0 aliphatic carbocycles. The van der Waals surface area contributed by atoms with E-state index in [-0.39, 0.29) is 23.8 Å². The number of ether oxygens (including phenoxy) is 2. The highest BCUT2D eigenvalue weighted by atomic mass is 16.5. The fourth-order valence-electron chi connectivity index (χ4n) is 2.89. The number of para-hydroxylation sites is 1. The second-order valence-corrected chi connectivity index (χ2v) is 6.84. The van der Waals surface area contributed by atoms with E-state index in [1.807, 2.05) is 30.3 Å². The second kappa shape index (κ2) is 9.19. The van der Waals surface area contributed by atoms with Gasteiger partial charge in [0.1, 0.15) is 0 Å². The molecule has 0 amide bonds. The number of hydrogen-bond donors (Lipinski definition) is 1. The molecule has 0 saturated heterocycles. The van der Waals surface area contributed by atoms with E-state index < -0.39 is 18.4 Å². The van der Waals surface area contributed by atoms with Gasteiger partial charge in [-0.3, -0.25) is 9.59 Å². The normalized spacial score (nSPS) is 14.3. The number of carbonyl (C=O) groups is 3. The molecule has 3 rings (SSSR count). The van der Waals surface area contributed by atoms with Crippen LogP contribution in [-0.4, -0.2) is 30.7 Å². The number of esters is 1. The topological polar surface area (TPSA) is 81.7 Å². The summed E-state index contributed by atoms with van der Waals surface area (Å²) in [4.78, 5) is 36.8. The van der Waals surface area contributed by atoms with Crippen molar-refractivity contribution in [1.82, 2.24) is 0 Å². The number of ketones is 2. The van der Waals surface area contributed by atoms with Crippen molar-refractivity contribution in [3.63, 3.8) is 0 Å². The zero-order chi connectivity index (χ0) is 20.8. The quantitative estimate of drug-likeness (QED) is 0.417. The van der Waals surface area contributed by atoms with Gasteiger partial charge in [-0.1, -0.05) is 56.3 Å². The minimum atomic E-state index is -0.879. The molecule has 0 unspecified atom stereocenters. The molecule has 0 aromatic heterocycles. The van der Waals surface area contributed by atoms with Gasteiger partial charge >= 0.3 is 5.97 Å². The van der Waals surface area contributed by atoms with Gasteiger partial charge in [-0.25, -0.2) is 4.79 Å². The minimum absolute atomic E-state index is 0.0385. The van der Waals surface area contributed by atoms with Gasteiger partial charge in [0, 0.05) is 11.3 Å². The molecule has 1 aliphatic heterocycles. The maximum atomic E-state index is 12.4. The Balaban J connectivity index is 1.64. The molecule has 6 heteroatoms. The molecule has 150 valence electrons. The highest BCUT2D eigenvalue weighted by molar-refractivity contribution is 6.20. The minimum Gasteiger partial charge on any atom is -0.470 e. The molecule has 1 heterocycles. The van der Waals surface area contributed by atoms with Crippen LogP contribution in [0.4, 0.5) is 5.69 Å². The molecule has 0 saturated carbocycles. The fraction of sp³-hybridized carbons (Fsp3) is 0.261. The van der Waals surface area contributed by atoms with Gasteiger partial charge in [0.25, 0.3) is 0 Å². The second-order valence-electron chi connectivity index (χ2n) is 6.84. The Morgan fingerprint density at radius 1 is 1.10 bits per heavy atom. The number of rotatable bonds is 8. The van der Waals surface area contributed by atoms with E-state index in [9.17, 15) is 14.4 Å². The Bertz CT molecular complexity index is 932. The Kier molecular flexibility index (Phi) is 6.44. The van der Waals surface area contributed by atoms with Crippen molar-refractivity contribution in [3.8, 4) is 0 Å². The van der Waals surface area contributed by atoms with Crippen LogP contribution in [0.2, 0.25) is 0 Å². The van der Waals surface area contributed by atoms with Crippen LogP contribution < -0.4 is 5.32 Å². The SMILES string of the molecule is CC[C@H](C)c1ccc(C(=O)COC(=O)C2=C(Nc3ccccc3)OCC2=O)cc1. The van der Waals surface area contributed by atoms with Gasteiger partial charge in [0.15, 0.2) is 24.6 Å². The van der Waals surface area contributed by atoms with Crippen molar-refractivity contribution in [3.05, 3.63) is 77.2 Å². The first-order valence-electron chi connectivity index (χ1n) is 9.52. The largest absolute Gasteiger partial charge is 0.470 e. The first-order chi connectivity index (χ1) is 14.0. The third kappa shape index (κ3) is 4.90. The van der Waals surface area contributed by atoms with Crippen LogP contribution in [-0.2, 0) is 19.1 Å². The standard InChI is InChI=1S/C23H23NO5/c1-3-15(2)16-9-11-17(12-10-16)19(25)13-29-23(27)21-20(26)14-28-22(21)24-18-7-5-4-6-8-18/h4-12,15,24H,3,13-14H2,1-2H3/t15-/m0/s1. The number of hydrogen-bond acceptors (Lipinski definition) is 6. The van der Waals surface area contributed by atoms with Crippen LogP contribution in [0.15, 0.2) is 66.1 Å². The van der Waals surface area contributed by atoms with Crippen molar-refractivity contribution in [1.29, 1.82) is 0 Å². The number of Topliss-reactive ketones (excluding diaryl/α,β-unsaturated/α-hetero) is 2. The van der Waals surface area contributed by atoms with Crippen LogP contribution >= 0.6 is 0 Å². The highest BCUT2D eigenvalue weighted by Crippen LogP contribution is 2.21. The average Bonchev–Trinajstić information content (AvgIpc) is 3.12. The zero-order valence-corrected chi connectivity index (χ0v) is 16.4. The Morgan fingerprint density at radius 2 is 1.79 bits per heavy atom. The number of benzene rings is 2. The van der Waals surface area contributed by atoms with E-state index in [1.54, 1.807) is 24.3 Å². The third-order valence-corrected chi connectivity index (χ3v) is 4.84.